The van der Waals surface area contributed by atoms with Crippen LogP contribution in [-0.2, 0) is 4.74 Å². The van der Waals surface area contributed by atoms with E-state index in [9.17, 15) is 4.79 Å². The highest BCUT2D eigenvalue weighted by molar-refractivity contribution is 7.17. The molecule has 0 saturated carbocycles. The topological polar surface area (TPSA) is 53.3 Å². The van der Waals surface area contributed by atoms with Crippen LogP contribution in [0.4, 0.5) is 4.79 Å². The molecule has 124 valence electrons. The quantitative estimate of drug-likeness (QED) is 0.749. The van der Waals surface area contributed by atoms with Gasteiger partial charge in [0.2, 0.25) is 0 Å². The molecule has 1 aliphatic rings. The predicted molar refractivity (Wildman–Crippen MR) is 96.9 cm³/mol. The van der Waals surface area contributed by atoms with Crippen molar-refractivity contribution in [2.24, 2.45) is 0 Å². The van der Waals surface area contributed by atoms with E-state index in [2.05, 4.69) is 17.5 Å². The summed E-state index contributed by atoms with van der Waals surface area (Å²) < 4.78 is 6.64. The molecule has 0 bridgehead atoms. The number of nitriles is 1. The van der Waals surface area contributed by atoms with Crippen molar-refractivity contribution in [2.75, 3.05) is 13.1 Å². The second kappa shape index (κ2) is 6.29. The van der Waals surface area contributed by atoms with Crippen LogP contribution in [-0.4, -0.2) is 29.7 Å². The Kier molecular flexibility index (Phi) is 4.33. The molecule has 4 nitrogen and oxygen atoms in total. The van der Waals surface area contributed by atoms with Gasteiger partial charge >= 0.3 is 6.09 Å². The molecule has 0 unspecified atom stereocenters. The van der Waals surface area contributed by atoms with Gasteiger partial charge in [0.05, 0.1) is 11.6 Å². The fourth-order valence-corrected chi connectivity index (χ4v) is 3.73. The van der Waals surface area contributed by atoms with Crippen LogP contribution < -0.4 is 0 Å². The van der Waals surface area contributed by atoms with E-state index in [0.29, 0.717) is 18.7 Å². The predicted octanol–water partition coefficient (Wildman–Crippen LogP) is 4.80. The lowest BCUT2D eigenvalue weighted by molar-refractivity contribution is 0.0273. The summed E-state index contributed by atoms with van der Waals surface area (Å²) in [5.74, 6) is 0. The molecule has 0 atom stereocenters. The standard InChI is InChI=1S/C19H20N2O2S/c1-19(2,3)23-18(22)21-8-4-5-14(11-21)16-12-24-17-7-6-13(10-20)9-15(16)17/h5-7,9,12H,4,8,11H2,1-3H3. The highest BCUT2D eigenvalue weighted by atomic mass is 32.1. The van der Waals surface area contributed by atoms with Crippen molar-refractivity contribution in [3.63, 3.8) is 0 Å². The molecular formula is C19H20N2O2S. The Labute approximate surface area is 145 Å². The van der Waals surface area contributed by atoms with Crippen LogP contribution in [0.25, 0.3) is 15.7 Å². The maximum atomic E-state index is 12.3. The highest BCUT2D eigenvalue weighted by Gasteiger charge is 2.25. The maximum absolute atomic E-state index is 12.3. The second-order valence-corrected chi connectivity index (χ2v) is 7.80. The van der Waals surface area contributed by atoms with Crippen LogP contribution in [0.1, 0.15) is 38.3 Å². The molecule has 0 spiro atoms. The Morgan fingerprint density at radius 1 is 1.38 bits per heavy atom. The van der Waals surface area contributed by atoms with E-state index in [1.54, 1.807) is 16.2 Å². The van der Waals surface area contributed by atoms with Gasteiger partial charge in [-0.05, 0) is 61.9 Å². The second-order valence-electron chi connectivity index (χ2n) is 6.89. The summed E-state index contributed by atoms with van der Waals surface area (Å²) in [6, 6.07) is 7.94. The number of benzene rings is 1. The van der Waals surface area contributed by atoms with E-state index in [4.69, 9.17) is 10.00 Å². The lowest BCUT2D eigenvalue weighted by atomic mass is 10.00. The number of ether oxygens (including phenoxy) is 1. The van der Waals surface area contributed by atoms with Crippen LogP contribution in [0.5, 0.6) is 0 Å². The number of rotatable bonds is 1. The van der Waals surface area contributed by atoms with Crippen molar-refractivity contribution in [1.82, 2.24) is 4.90 Å². The maximum Gasteiger partial charge on any atom is 0.410 e. The van der Waals surface area contributed by atoms with Crippen LogP contribution in [0.3, 0.4) is 0 Å². The van der Waals surface area contributed by atoms with Gasteiger partial charge < -0.3 is 9.64 Å². The Balaban J connectivity index is 1.87. The van der Waals surface area contributed by atoms with E-state index < -0.39 is 5.60 Å². The normalized spacial score (nSPS) is 15.1. The fourth-order valence-electron chi connectivity index (χ4n) is 2.77. The van der Waals surface area contributed by atoms with Crippen LogP contribution in [0, 0.1) is 11.3 Å². The first kappa shape index (κ1) is 16.5. The zero-order chi connectivity index (χ0) is 17.3. The summed E-state index contributed by atoms with van der Waals surface area (Å²) in [5, 5.41) is 12.3. The number of fused-ring (bicyclic) bond motifs is 1. The van der Waals surface area contributed by atoms with Crippen LogP contribution in [0.15, 0.2) is 29.7 Å². The number of hydrogen-bond acceptors (Lipinski definition) is 4. The van der Waals surface area contributed by atoms with Crippen LogP contribution in [0.2, 0.25) is 0 Å². The van der Waals surface area contributed by atoms with Gasteiger partial charge in [-0.3, -0.25) is 0 Å². The van der Waals surface area contributed by atoms with E-state index in [0.717, 1.165) is 27.6 Å². The first-order valence-electron chi connectivity index (χ1n) is 7.96. The number of nitrogens with zero attached hydrogens (tertiary/aromatic N) is 2. The average Bonchev–Trinajstić information content (AvgIpc) is 2.96. The molecule has 0 radical (unpaired) electrons. The molecule has 2 aromatic rings. The largest absolute Gasteiger partial charge is 0.444 e. The minimum atomic E-state index is -0.491. The summed E-state index contributed by atoms with van der Waals surface area (Å²) >= 11 is 1.66. The molecule has 1 aliphatic heterocycles. The van der Waals surface area contributed by atoms with Gasteiger partial charge in [0, 0.05) is 23.2 Å². The Morgan fingerprint density at radius 2 is 2.17 bits per heavy atom. The molecule has 0 aliphatic carbocycles. The average molecular weight is 340 g/mol. The third-order valence-corrected chi connectivity index (χ3v) is 4.81. The monoisotopic (exact) mass is 340 g/mol. The summed E-state index contributed by atoms with van der Waals surface area (Å²) in [5.41, 5.74) is 2.39. The van der Waals surface area contributed by atoms with E-state index in [1.165, 1.54) is 0 Å². The molecule has 0 N–H and O–H groups in total. The highest BCUT2D eigenvalue weighted by Crippen LogP contribution is 2.33. The van der Waals surface area contributed by atoms with Crippen molar-refractivity contribution in [3.05, 3.63) is 40.8 Å². The first-order valence-corrected chi connectivity index (χ1v) is 8.84. The lowest BCUT2D eigenvalue weighted by Crippen LogP contribution is -2.39. The third-order valence-electron chi connectivity index (χ3n) is 3.85. The third kappa shape index (κ3) is 3.44. The minimum absolute atomic E-state index is 0.273. The minimum Gasteiger partial charge on any atom is -0.444 e. The zero-order valence-corrected chi connectivity index (χ0v) is 14.9. The van der Waals surface area contributed by atoms with Crippen molar-refractivity contribution in [1.29, 1.82) is 5.26 Å². The summed E-state index contributed by atoms with van der Waals surface area (Å²) in [4.78, 5) is 14.1. The fraction of sp³-hybridized carbons (Fsp3) is 0.368. The van der Waals surface area contributed by atoms with E-state index in [1.807, 2.05) is 39.0 Å². The van der Waals surface area contributed by atoms with Crippen molar-refractivity contribution < 1.29 is 9.53 Å². The van der Waals surface area contributed by atoms with Gasteiger partial charge in [-0.25, -0.2) is 4.79 Å². The van der Waals surface area contributed by atoms with Gasteiger partial charge in [0.1, 0.15) is 5.60 Å². The molecule has 0 fully saturated rings. The van der Waals surface area contributed by atoms with Gasteiger partial charge in [-0.1, -0.05) is 6.08 Å². The number of carbonyl (C=O) groups is 1. The molecule has 1 aromatic carbocycles. The van der Waals surface area contributed by atoms with Gasteiger partial charge in [0.25, 0.3) is 0 Å². The number of thiophene rings is 1. The van der Waals surface area contributed by atoms with Crippen LogP contribution >= 0.6 is 11.3 Å². The number of amides is 1. The van der Waals surface area contributed by atoms with Gasteiger partial charge in [-0.2, -0.15) is 5.26 Å². The molecule has 5 heteroatoms. The molecule has 1 aromatic heterocycles. The van der Waals surface area contributed by atoms with Gasteiger partial charge in [-0.15, -0.1) is 11.3 Å². The number of carbonyl (C=O) groups excluding carboxylic acids is 1. The summed E-state index contributed by atoms with van der Waals surface area (Å²) in [7, 11) is 0. The Hall–Kier alpha value is -2.32. The Morgan fingerprint density at radius 3 is 2.88 bits per heavy atom. The van der Waals surface area contributed by atoms with E-state index >= 15 is 0 Å². The van der Waals surface area contributed by atoms with Crippen molar-refractivity contribution in [2.45, 2.75) is 32.8 Å². The SMILES string of the molecule is CC(C)(C)OC(=O)N1CCC=C(c2csc3ccc(C#N)cc23)C1. The molecule has 0 saturated heterocycles. The Bertz CT molecular complexity index is 852. The molecule has 2 heterocycles. The lowest BCUT2D eigenvalue weighted by Gasteiger charge is -2.30. The molecular weight excluding hydrogens is 320 g/mol. The van der Waals surface area contributed by atoms with Gasteiger partial charge in [0.15, 0.2) is 0 Å². The number of hydrogen-bond donors (Lipinski definition) is 0. The summed E-state index contributed by atoms with van der Waals surface area (Å²) in [6.45, 7) is 6.84. The van der Waals surface area contributed by atoms with Crippen molar-refractivity contribution >= 4 is 33.1 Å². The molecule has 24 heavy (non-hydrogen) atoms. The first-order chi connectivity index (χ1) is 11.4. The van der Waals surface area contributed by atoms with E-state index in [-0.39, 0.29) is 6.09 Å². The smallest absolute Gasteiger partial charge is 0.410 e. The summed E-state index contributed by atoms with van der Waals surface area (Å²) in [6.07, 6.45) is 2.72. The molecule has 3 rings (SSSR count). The van der Waals surface area contributed by atoms with Crippen molar-refractivity contribution in [3.8, 4) is 6.07 Å². The zero-order valence-electron chi connectivity index (χ0n) is 14.1. The molecule has 1 amide bonds.